The topological polar surface area (TPSA) is 58.1 Å². The molecule has 0 bridgehead atoms. The first-order valence-corrected chi connectivity index (χ1v) is 12.4. The quantitative estimate of drug-likeness (QED) is 0.288. The molecule has 0 aromatic heterocycles. The fourth-order valence-electron chi connectivity index (χ4n) is 4.87. The van der Waals surface area contributed by atoms with E-state index in [2.05, 4.69) is 74.4 Å². The summed E-state index contributed by atoms with van der Waals surface area (Å²) < 4.78 is 11.8. The summed E-state index contributed by atoms with van der Waals surface area (Å²) in [7, 11) is 0. The number of aliphatic imine (C=N–C) groups is 1. The van der Waals surface area contributed by atoms with Gasteiger partial charge in [-0.15, -0.1) is 24.0 Å². The fraction of sp³-hybridized carbons (Fsp3) is 0.731. The number of halogens is 1. The Balaban J connectivity index is 0.00000385. The molecule has 2 aliphatic heterocycles. The van der Waals surface area contributed by atoms with Crippen molar-refractivity contribution in [3.8, 4) is 0 Å². The van der Waals surface area contributed by atoms with Gasteiger partial charge < -0.3 is 20.1 Å². The maximum absolute atomic E-state index is 6.15. The van der Waals surface area contributed by atoms with E-state index >= 15 is 0 Å². The molecule has 2 fully saturated rings. The number of rotatable bonds is 7. The lowest BCUT2D eigenvalue weighted by Crippen LogP contribution is -2.47. The third kappa shape index (κ3) is 9.34. The van der Waals surface area contributed by atoms with E-state index in [1.54, 1.807) is 0 Å². The second kappa shape index (κ2) is 13.9. The van der Waals surface area contributed by atoms with Crippen LogP contribution in [0, 0.1) is 11.3 Å². The molecule has 0 spiro atoms. The molecule has 2 N–H and O–H groups in total. The number of hydrogen-bond acceptors (Lipinski definition) is 4. The Morgan fingerprint density at radius 1 is 1.15 bits per heavy atom. The second-order valence-corrected chi connectivity index (χ2v) is 10.4. The lowest BCUT2D eigenvalue weighted by molar-refractivity contribution is -0.0835. The molecule has 0 radical (unpaired) electrons. The molecule has 3 atom stereocenters. The zero-order chi connectivity index (χ0) is 23.0. The lowest BCUT2D eigenvalue weighted by atomic mass is 9.78. The van der Waals surface area contributed by atoms with E-state index < -0.39 is 0 Å². The molecule has 3 unspecified atom stereocenters. The van der Waals surface area contributed by atoms with E-state index in [9.17, 15) is 0 Å². The Morgan fingerprint density at radius 2 is 1.94 bits per heavy atom. The summed E-state index contributed by atoms with van der Waals surface area (Å²) in [5.41, 5.74) is 2.74. The van der Waals surface area contributed by atoms with E-state index in [4.69, 9.17) is 14.5 Å². The summed E-state index contributed by atoms with van der Waals surface area (Å²) >= 11 is 0. The normalized spacial score (nSPS) is 24.8. The van der Waals surface area contributed by atoms with Crippen LogP contribution in [0.25, 0.3) is 0 Å². The molecule has 0 aliphatic carbocycles. The van der Waals surface area contributed by atoms with Crippen LogP contribution in [0.2, 0.25) is 0 Å². The summed E-state index contributed by atoms with van der Waals surface area (Å²) in [5.74, 6) is 1.39. The molecular weight excluding hydrogens is 527 g/mol. The lowest BCUT2D eigenvalue weighted by Gasteiger charge is -2.40. The summed E-state index contributed by atoms with van der Waals surface area (Å²) in [6.45, 7) is 18.2. The molecule has 0 saturated carbocycles. The zero-order valence-electron chi connectivity index (χ0n) is 21.2. The highest BCUT2D eigenvalue weighted by Gasteiger charge is 2.35. The average Bonchev–Trinajstić information content (AvgIpc) is 2.75. The van der Waals surface area contributed by atoms with Crippen LogP contribution in [0.15, 0.2) is 29.3 Å². The Kier molecular flexibility index (Phi) is 11.9. The largest absolute Gasteiger partial charge is 0.377 e. The van der Waals surface area contributed by atoms with Crippen molar-refractivity contribution in [3.05, 3.63) is 35.4 Å². The first kappa shape index (κ1) is 28.3. The van der Waals surface area contributed by atoms with Crippen molar-refractivity contribution in [2.45, 2.75) is 72.8 Å². The highest BCUT2D eigenvalue weighted by Crippen LogP contribution is 2.33. The third-order valence-electron chi connectivity index (χ3n) is 6.32. The van der Waals surface area contributed by atoms with Crippen molar-refractivity contribution in [3.63, 3.8) is 0 Å². The molecule has 1 aromatic rings. The molecule has 1 aromatic carbocycles. The van der Waals surface area contributed by atoms with Gasteiger partial charge in [0, 0.05) is 45.2 Å². The maximum atomic E-state index is 6.15. The van der Waals surface area contributed by atoms with Crippen LogP contribution >= 0.6 is 24.0 Å². The number of nitrogens with zero attached hydrogens (tertiary/aromatic N) is 2. The summed E-state index contributed by atoms with van der Waals surface area (Å²) in [6, 6.07) is 8.82. The van der Waals surface area contributed by atoms with E-state index in [-0.39, 0.29) is 35.5 Å². The Morgan fingerprint density at radius 3 is 2.67 bits per heavy atom. The smallest absolute Gasteiger partial charge is 0.191 e. The molecule has 2 heterocycles. The van der Waals surface area contributed by atoms with Crippen molar-refractivity contribution in [2.75, 3.05) is 39.4 Å². The second-order valence-electron chi connectivity index (χ2n) is 10.4. The van der Waals surface area contributed by atoms with E-state index in [0.717, 1.165) is 58.3 Å². The van der Waals surface area contributed by atoms with Gasteiger partial charge in [-0.3, -0.25) is 4.90 Å². The van der Waals surface area contributed by atoms with Gasteiger partial charge in [-0.1, -0.05) is 45.0 Å². The third-order valence-corrected chi connectivity index (χ3v) is 6.32. The van der Waals surface area contributed by atoms with Gasteiger partial charge in [-0.25, -0.2) is 4.99 Å². The van der Waals surface area contributed by atoms with Crippen LogP contribution in [0.5, 0.6) is 0 Å². The van der Waals surface area contributed by atoms with Gasteiger partial charge in [-0.05, 0) is 43.2 Å². The highest BCUT2D eigenvalue weighted by molar-refractivity contribution is 14.0. The van der Waals surface area contributed by atoms with Crippen LogP contribution in [0.3, 0.4) is 0 Å². The maximum Gasteiger partial charge on any atom is 0.191 e. The van der Waals surface area contributed by atoms with E-state index in [1.165, 1.54) is 17.5 Å². The van der Waals surface area contributed by atoms with Crippen LogP contribution < -0.4 is 10.6 Å². The fourth-order valence-corrected chi connectivity index (χ4v) is 4.87. The van der Waals surface area contributed by atoms with Gasteiger partial charge in [0.2, 0.25) is 0 Å². The molecular formula is C26H45IN4O2. The predicted molar refractivity (Wildman–Crippen MR) is 147 cm³/mol. The standard InChI is InChI=1S/C26H44N4O2.HI/c1-6-27-25(29-17-23-11-8-13-32-24(23)26(3,4)5)28-16-21-9-7-10-22(15-21)19-30-12-14-31-20(2)18-30;/h7,9-10,15,20,23-24H,6,8,11-14,16-19H2,1-5H3,(H2,27,28,29);1H. The number of benzene rings is 1. The average molecular weight is 573 g/mol. The Hall–Kier alpha value is -0.900. The first-order chi connectivity index (χ1) is 15.3. The minimum Gasteiger partial charge on any atom is -0.377 e. The SMILES string of the molecule is CCNC(=NCc1cccc(CN2CCOC(C)C2)c1)NCC1CCCOC1C(C)(C)C.I. The molecule has 33 heavy (non-hydrogen) atoms. The van der Waals surface area contributed by atoms with E-state index in [0.29, 0.717) is 18.6 Å². The molecule has 188 valence electrons. The number of guanidine groups is 1. The summed E-state index contributed by atoms with van der Waals surface area (Å²) in [5, 5.41) is 6.99. The minimum absolute atomic E-state index is 0. The molecule has 7 heteroatoms. The summed E-state index contributed by atoms with van der Waals surface area (Å²) in [4.78, 5) is 7.35. The molecule has 0 amide bonds. The van der Waals surface area contributed by atoms with E-state index in [1.807, 2.05) is 0 Å². The highest BCUT2D eigenvalue weighted by atomic mass is 127. The van der Waals surface area contributed by atoms with Crippen LogP contribution in [0.1, 0.15) is 58.6 Å². The molecule has 2 aliphatic rings. The Bertz CT molecular complexity index is 737. The van der Waals surface area contributed by atoms with Crippen LogP contribution in [0.4, 0.5) is 0 Å². The van der Waals surface area contributed by atoms with Gasteiger partial charge in [0.05, 0.1) is 25.4 Å². The van der Waals surface area contributed by atoms with Crippen molar-refractivity contribution >= 4 is 29.9 Å². The number of ether oxygens (including phenoxy) is 2. The predicted octanol–water partition coefficient (Wildman–Crippen LogP) is 4.42. The minimum atomic E-state index is 0. The van der Waals surface area contributed by atoms with Gasteiger partial charge in [0.25, 0.3) is 0 Å². The number of morpholine rings is 1. The van der Waals surface area contributed by atoms with Crippen molar-refractivity contribution in [1.82, 2.24) is 15.5 Å². The van der Waals surface area contributed by atoms with Crippen molar-refractivity contribution in [1.29, 1.82) is 0 Å². The molecule has 2 saturated heterocycles. The summed E-state index contributed by atoms with van der Waals surface area (Å²) in [6.07, 6.45) is 2.95. The zero-order valence-corrected chi connectivity index (χ0v) is 23.6. The molecule has 3 rings (SSSR count). The molecule has 6 nitrogen and oxygen atoms in total. The van der Waals surface area contributed by atoms with Crippen LogP contribution in [-0.4, -0.2) is 62.5 Å². The number of nitrogens with one attached hydrogen (secondary N) is 2. The van der Waals surface area contributed by atoms with Crippen molar-refractivity contribution < 1.29 is 9.47 Å². The van der Waals surface area contributed by atoms with Crippen molar-refractivity contribution in [2.24, 2.45) is 16.3 Å². The van der Waals surface area contributed by atoms with Gasteiger partial charge in [-0.2, -0.15) is 0 Å². The van der Waals surface area contributed by atoms with Gasteiger partial charge in [0.1, 0.15) is 0 Å². The Labute approximate surface area is 218 Å². The van der Waals surface area contributed by atoms with Gasteiger partial charge >= 0.3 is 0 Å². The van der Waals surface area contributed by atoms with Gasteiger partial charge in [0.15, 0.2) is 5.96 Å². The number of hydrogen-bond donors (Lipinski definition) is 2. The first-order valence-electron chi connectivity index (χ1n) is 12.4. The van der Waals surface area contributed by atoms with Crippen LogP contribution in [-0.2, 0) is 22.6 Å². The monoisotopic (exact) mass is 572 g/mol.